The van der Waals surface area contributed by atoms with Crippen molar-refractivity contribution in [2.24, 2.45) is 5.11 Å². The number of ether oxygens (including phenoxy) is 1. The van der Waals surface area contributed by atoms with E-state index in [2.05, 4.69) is 30.7 Å². The number of likely N-dealkylation sites (tertiary alicyclic amines) is 1. The van der Waals surface area contributed by atoms with Crippen molar-refractivity contribution in [3.05, 3.63) is 30.5 Å². The lowest BCUT2D eigenvalue weighted by Crippen LogP contribution is -2.40. The Hall–Kier alpha value is -3.38. The minimum Gasteiger partial charge on any atom is -0.479 e. The first-order valence-corrected chi connectivity index (χ1v) is 11.1. The molecule has 0 amide bonds. The van der Waals surface area contributed by atoms with Gasteiger partial charge in [0, 0.05) is 37.4 Å². The Morgan fingerprint density at radius 3 is 2.76 bits per heavy atom. The van der Waals surface area contributed by atoms with Gasteiger partial charge in [-0.25, -0.2) is 18.8 Å². The van der Waals surface area contributed by atoms with Crippen molar-refractivity contribution in [2.75, 3.05) is 50.5 Å². The number of aliphatic hydroxyl groups excluding tert-OH is 1. The topological polar surface area (TPSA) is 123 Å². The lowest BCUT2D eigenvalue weighted by molar-refractivity contribution is 0.163. The van der Waals surface area contributed by atoms with Gasteiger partial charge in [0.1, 0.15) is 11.2 Å². The Labute approximate surface area is 195 Å². The Bertz CT molecular complexity index is 1130. The van der Waals surface area contributed by atoms with Gasteiger partial charge in [0.2, 0.25) is 11.8 Å². The number of piperidine rings is 1. The number of nitrogens with one attached hydrogen (secondary N) is 3. The number of rotatable bonds is 10. The Kier molecular flexibility index (Phi) is 7.48. The van der Waals surface area contributed by atoms with Crippen LogP contribution in [0.1, 0.15) is 12.8 Å². The second kappa shape index (κ2) is 10.7. The molecule has 12 heteroatoms. The molecule has 34 heavy (non-hydrogen) atoms. The van der Waals surface area contributed by atoms with E-state index in [0.29, 0.717) is 29.6 Å². The minimum atomic E-state index is -2.53. The van der Waals surface area contributed by atoms with E-state index in [1.807, 2.05) is 6.07 Å². The molecule has 0 radical (unpaired) electrons. The summed E-state index contributed by atoms with van der Waals surface area (Å²) in [5, 5.41) is 23.1. The third-order valence-electron chi connectivity index (χ3n) is 5.88. The summed E-state index contributed by atoms with van der Waals surface area (Å²) in [6.07, 6.45) is 1.10. The number of halogens is 2. The number of benzene rings is 1. The maximum absolute atomic E-state index is 12.7. The van der Waals surface area contributed by atoms with Crippen molar-refractivity contribution >= 4 is 22.8 Å². The van der Waals surface area contributed by atoms with Crippen molar-refractivity contribution < 1.29 is 18.6 Å². The van der Waals surface area contributed by atoms with Crippen LogP contribution < -0.4 is 15.4 Å². The van der Waals surface area contributed by atoms with Gasteiger partial charge in [-0.3, -0.25) is 0 Å². The van der Waals surface area contributed by atoms with E-state index in [-0.39, 0.29) is 18.3 Å². The third kappa shape index (κ3) is 5.23. The van der Waals surface area contributed by atoms with Gasteiger partial charge >= 0.3 is 0 Å². The normalized spacial score (nSPS) is 15.1. The molecule has 10 nitrogen and oxygen atoms in total. The van der Waals surface area contributed by atoms with Gasteiger partial charge in [-0.2, -0.15) is 10.1 Å². The summed E-state index contributed by atoms with van der Waals surface area (Å²) in [4.78, 5) is 6.79. The van der Waals surface area contributed by atoms with E-state index in [1.54, 1.807) is 28.9 Å². The Morgan fingerprint density at radius 1 is 1.29 bits per heavy atom. The fourth-order valence-corrected chi connectivity index (χ4v) is 4.18. The van der Waals surface area contributed by atoms with Crippen LogP contribution in [0.2, 0.25) is 0 Å². The zero-order valence-electron chi connectivity index (χ0n) is 18.8. The molecular formula is C22H28F2N8O2. The third-order valence-corrected chi connectivity index (χ3v) is 5.88. The number of hydrogen-bond acceptors (Lipinski definition) is 9. The maximum Gasteiger partial charge on any atom is 0.255 e. The van der Waals surface area contributed by atoms with Crippen LogP contribution in [0.3, 0.4) is 0 Å². The average molecular weight is 475 g/mol. The smallest absolute Gasteiger partial charge is 0.255 e. The van der Waals surface area contributed by atoms with Gasteiger partial charge in [-0.1, -0.05) is 6.07 Å². The summed E-state index contributed by atoms with van der Waals surface area (Å²) in [7, 11) is 1.54. The standard InChI is InChI=1S/C22H28F2N8O2/c1-34-21-20-16(14-2-3-17(29-25)18(12-14)26-13-19(23)24)6-9-32(20)30-22(28-21)27-15-4-7-31(8-5-15)10-11-33/h2-3,6,9,12,15,19,25-26,33H,4-5,7-8,10-11,13H2,1H3,(H,27,30). The van der Waals surface area contributed by atoms with Crippen molar-refractivity contribution in [3.63, 3.8) is 0 Å². The predicted molar refractivity (Wildman–Crippen MR) is 124 cm³/mol. The molecule has 3 heterocycles. The van der Waals surface area contributed by atoms with Gasteiger partial charge in [0.05, 0.1) is 25.9 Å². The quantitative estimate of drug-likeness (QED) is 0.331. The Morgan fingerprint density at radius 2 is 2.09 bits per heavy atom. The van der Waals surface area contributed by atoms with Crippen molar-refractivity contribution in [1.82, 2.24) is 19.5 Å². The largest absolute Gasteiger partial charge is 0.479 e. The van der Waals surface area contributed by atoms with E-state index in [9.17, 15) is 8.78 Å². The molecule has 4 rings (SSSR count). The maximum atomic E-state index is 12.7. The van der Waals surface area contributed by atoms with Crippen LogP contribution in [-0.4, -0.2) is 77.0 Å². The van der Waals surface area contributed by atoms with Crippen LogP contribution in [0.25, 0.3) is 16.6 Å². The molecule has 0 spiro atoms. The second-order valence-electron chi connectivity index (χ2n) is 8.07. The lowest BCUT2D eigenvalue weighted by Gasteiger charge is -2.31. The summed E-state index contributed by atoms with van der Waals surface area (Å²) < 4.78 is 32.7. The van der Waals surface area contributed by atoms with Crippen LogP contribution in [0.4, 0.5) is 26.1 Å². The molecule has 2 aromatic heterocycles. The molecule has 3 aromatic rings. The molecule has 0 saturated carbocycles. The van der Waals surface area contributed by atoms with Crippen LogP contribution in [0.15, 0.2) is 35.6 Å². The average Bonchev–Trinajstić information content (AvgIpc) is 3.27. The summed E-state index contributed by atoms with van der Waals surface area (Å²) in [6.45, 7) is 2.10. The Balaban J connectivity index is 1.60. The molecule has 0 unspecified atom stereocenters. The number of β-amino-alcohol motifs (C(OH)–C–C–N with tert-alkyl or cyclic N) is 1. The summed E-state index contributed by atoms with van der Waals surface area (Å²) in [5.41, 5.74) is 10.0. The van der Waals surface area contributed by atoms with Crippen molar-refractivity contribution in [3.8, 4) is 17.0 Å². The molecule has 1 fully saturated rings. The number of aliphatic hydroxyl groups is 1. The number of anilines is 2. The fourth-order valence-electron chi connectivity index (χ4n) is 4.18. The van der Waals surface area contributed by atoms with Crippen molar-refractivity contribution in [2.45, 2.75) is 25.3 Å². The predicted octanol–water partition coefficient (Wildman–Crippen LogP) is 3.61. The first-order chi connectivity index (χ1) is 16.5. The van der Waals surface area contributed by atoms with E-state index in [0.717, 1.165) is 37.1 Å². The molecule has 1 aromatic carbocycles. The lowest BCUT2D eigenvalue weighted by atomic mass is 10.1. The summed E-state index contributed by atoms with van der Waals surface area (Å²) in [6, 6.07) is 7.12. The number of methoxy groups -OCH3 is 1. The van der Waals surface area contributed by atoms with Gasteiger partial charge in [-0.05, 0) is 36.6 Å². The van der Waals surface area contributed by atoms with Crippen LogP contribution in [-0.2, 0) is 0 Å². The number of alkyl halides is 2. The summed E-state index contributed by atoms with van der Waals surface area (Å²) in [5.74, 6) is 0.835. The molecular weight excluding hydrogens is 446 g/mol. The first kappa shape index (κ1) is 23.8. The van der Waals surface area contributed by atoms with Crippen LogP contribution in [0.5, 0.6) is 5.88 Å². The SMILES string of the molecule is COc1nc(NC2CCN(CCO)CC2)nn2ccc(-c3ccc(N=N)c(NCC(F)F)c3)c12. The first-order valence-electron chi connectivity index (χ1n) is 11.1. The van der Waals surface area contributed by atoms with E-state index < -0.39 is 13.0 Å². The minimum absolute atomic E-state index is 0.162. The zero-order valence-corrected chi connectivity index (χ0v) is 18.8. The number of fused-ring (bicyclic) bond motifs is 1. The molecule has 1 aliphatic heterocycles. The van der Waals surface area contributed by atoms with E-state index in [1.165, 1.54) is 7.11 Å². The molecule has 1 saturated heterocycles. The highest BCUT2D eigenvalue weighted by molar-refractivity contribution is 5.87. The highest BCUT2D eigenvalue weighted by Crippen LogP contribution is 2.36. The van der Waals surface area contributed by atoms with Gasteiger partial charge in [0.25, 0.3) is 6.43 Å². The number of nitrogens with zero attached hydrogens (tertiary/aromatic N) is 5. The zero-order chi connectivity index (χ0) is 24.1. The fraction of sp³-hybridized carbons (Fsp3) is 0.455. The number of hydrogen-bond donors (Lipinski definition) is 4. The van der Waals surface area contributed by atoms with Gasteiger partial charge in [0.15, 0.2) is 0 Å². The highest BCUT2D eigenvalue weighted by atomic mass is 19.3. The summed E-state index contributed by atoms with van der Waals surface area (Å²) >= 11 is 0. The van der Waals surface area contributed by atoms with Crippen molar-refractivity contribution in [1.29, 1.82) is 5.53 Å². The number of aromatic nitrogens is 3. The van der Waals surface area contributed by atoms with Gasteiger partial charge in [-0.15, -0.1) is 5.10 Å². The van der Waals surface area contributed by atoms with E-state index in [4.69, 9.17) is 15.4 Å². The molecule has 0 atom stereocenters. The molecule has 4 N–H and O–H groups in total. The molecule has 0 aliphatic carbocycles. The van der Waals surface area contributed by atoms with Crippen LogP contribution in [0, 0.1) is 5.53 Å². The molecule has 182 valence electrons. The molecule has 1 aliphatic rings. The van der Waals surface area contributed by atoms with Crippen LogP contribution >= 0.6 is 0 Å². The van der Waals surface area contributed by atoms with Gasteiger partial charge < -0.3 is 25.4 Å². The second-order valence-corrected chi connectivity index (χ2v) is 8.07. The monoisotopic (exact) mass is 474 g/mol. The van der Waals surface area contributed by atoms with E-state index >= 15 is 0 Å². The highest BCUT2D eigenvalue weighted by Gasteiger charge is 2.21. The molecule has 0 bridgehead atoms.